The van der Waals surface area contributed by atoms with Gasteiger partial charge in [0.2, 0.25) is 0 Å². The van der Waals surface area contributed by atoms with Crippen LogP contribution in [0.2, 0.25) is 0 Å². The zero-order valence-electron chi connectivity index (χ0n) is 15.3. The summed E-state index contributed by atoms with van der Waals surface area (Å²) in [7, 11) is 1.54. The number of aliphatic hydroxyl groups is 1. The minimum Gasteiger partial charge on any atom is -0.496 e. The number of nitrogens with zero attached hydrogens (tertiary/aromatic N) is 2. The molecule has 2 heterocycles. The Hall–Kier alpha value is -3.19. The quantitative estimate of drug-likeness (QED) is 0.728. The molecule has 7 heteroatoms. The number of rotatable bonds is 4. The number of benzene rings is 2. The first-order valence-corrected chi connectivity index (χ1v) is 8.99. The topological polar surface area (TPSA) is 78.4 Å². The standard InChI is InChI=1S/C21H20FN3O3/c1-28-20-8-13(6-7-16(20)14-10-23-24-11-14)21(27)25-12-15(26)9-19(25)17-4-2-3-5-18(17)22/h2-8,10-11,15,19,26H,9,12H2,1H3,(H,23,24)/t15-,19+/m0/s1. The van der Waals surface area contributed by atoms with Crippen LogP contribution in [0, 0.1) is 5.82 Å². The average Bonchev–Trinajstić information content (AvgIpc) is 3.37. The van der Waals surface area contributed by atoms with Crippen LogP contribution in [0.3, 0.4) is 0 Å². The first-order chi connectivity index (χ1) is 13.6. The van der Waals surface area contributed by atoms with Crippen LogP contribution >= 0.6 is 0 Å². The smallest absolute Gasteiger partial charge is 0.254 e. The lowest BCUT2D eigenvalue weighted by Gasteiger charge is -2.25. The summed E-state index contributed by atoms with van der Waals surface area (Å²) in [5.41, 5.74) is 2.48. The third-order valence-electron chi connectivity index (χ3n) is 5.06. The fraction of sp³-hybridized carbons (Fsp3) is 0.238. The van der Waals surface area contributed by atoms with Crippen molar-refractivity contribution in [2.45, 2.75) is 18.6 Å². The van der Waals surface area contributed by atoms with Crippen molar-refractivity contribution in [2.24, 2.45) is 0 Å². The van der Waals surface area contributed by atoms with E-state index in [-0.39, 0.29) is 18.3 Å². The molecule has 6 nitrogen and oxygen atoms in total. The van der Waals surface area contributed by atoms with Crippen LogP contribution in [-0.2, 0) is 0 Å². The van der Waals surface area contributed by atoms with Gasteiger partial charge in [0.1, 0.15) is 11.6 Å². The summed E-state index contributed by atoms with van der Waals surface area (Å²) >= 11 is 0. The van der Waals surface area contributed by atoms with Crippen LogP contribution in [0.1, 0.15) is 28.4 Å². The van der Waals surface area contributed by atoms with Crippen molar-refractivity contribution in [3.05, 3.63) is 71.8 Å². The Kier molecular flexibility index (Phi) is 4.83. The second-order valence-electron chi connectivity index (χ2n) is 6.79. The third-order valence-corrected chi connectivity index (χ3v) is 5.06. The molecule has 1 fully saturated rings. The molecular formula is C21H20FN3O3. The van der Waals surface area contributed by atoms with Gasteiger partial charge < -0.3 is 14.7 Å². The highest BCUT2D eigenvalue weighted by Crippen LogP contribution is 2.36. The molecule has 0 spiro atoms. The molecule has 2 atom stereocenters. The van der Waals surface area contributed by atoms with E-state index in [9.17, 15) is 14.3 Å². The molecule has 4 rings (SSSR count). The number of methoxy groups -OCH3 is 1. The van der Waals surface area contributed by atoms with E-state index in [0.29, 0.717) is 23.3 Å². The molecule has 28 heavy (non-hydrogen) atoms. The van der Waals surface area contributed by atoms with Crippen molar-refractivity contribution in [3.63, 3.8) is 0 Å². The lowest BCUT2D eigenvalue weighted by Crippen LogP contribution is -2.32. The molecule has 3 aromatic rings. The monoisotopic (exact) mass is 381 g/mol. The molecule has 0 bridgehead atoms. The largest absolute Gasteiger partial charge is 0.496 e. The molecule has 0 saturated carbocycles. The fourth-order valence-electron chi connectivity index (χ4n) is 3.71. The van der Waals surface area contributed by atoms with Gasteiger partial charge in [-0.2, -0.15) is 5.10 Å². The SMILES string of the molecule is COc1cc(C(=O)N2C[C@@H](O)C[C@@H]2c2ccccc2F)ccc1-c1cn[nH]c1. The van der Waals surface area contributed by atoms with Crippen molar-refractivity contribution in [3.8, 4) is 16.9 Å². The van der Waals surface area contributed by atoms with Crippen molar-refractivity contribution in [2.75, 3.05) is 13.7 Å². The van der Waals surface area contributed by atoms with Crippen molar-refractivity contribution < 1.29 is 19.0 Å². The minimum absolute atomic E-state index is 0.156. The number of aromatic amines is 1. The molecule has 1 aliphatic heterocycles. The Balaban J connectivity index is 1.67. The predicted molar refractivity (Wildman–Crippen MR) is 101 cm³/mol. The minimum atomic E-state index is -0.694. The van der Waals surface area contributed by atoms with Gasteiger partial charge >= 0.3 is 0 Å². The maximum Gasteiger partial charge on any atom is 0.254 e. The van der Waals surface area contributed by atoms with Crippen LogP contribution in [0.5, 0.6) is 5.75 Å². The van der Waals surface area contributed by atoms with Crippen molar-refractivity contribution in [1.82, 2.24) is 15.1 Å². The van der Waals surface area contributed by atoms with Crippen LogP contribution < -0.4 is 4.74 Å². The highest BCUT2D eigenvalue weighted by molar-refractivity contribution is 5.96. The molecular weight excluding hydrogens is 361 g/mol. The molecule has 0 radical (unpaired) electrons. The van der Waals surface area contributed by atoms with E-state index in [0.717, 1.165) is 11.1 Å². The number of likely N-dealkylation sites (tertiary alicyclic amines) is 1. The Morgan fingerprint density at radius 1 is 1.32 bits per heavy atom. The van der Waals surface area contributed by atoms with E-state index >= 15 is 0 Å². The summed E-state index contributed by atoms with van der Waals surface area (Å²) in [4.78, 5) is 14.7. The van der Waals surface area contributed by atoms with E-state index in [1.807, 2.05) is 0 Å². The van der Waals surface area contributed by atoms with Crippen molar-refractivity contribution in [1.29, 1.82) is 0 Å². The molecule has 2 N–H and O–H groups in total. The van der Waals surface area contributed by atoms with Crippen LogP contribution in [0.15, 0.2) is 54.9 Å². The lowest BCUT2D eigenvalue weighted by atomic mass is 10.0. The van der Waals surface area contributed by atoms with E-state index in [1.54, 1.807) is 48.8 Å². The van der Waals surface area contributed by atoms with Gasteiger partial charge in [-0.1, -0.05) is 18.2 Å². The normalized spacial score (nSPS) is 19.0. The van der Waals surface area contributed by atoms with Gasteiger partial charge in [-0.15, -0.1) is 0 Å². The summed E-state index contributed by atoms with van der Waals surface area (Å²) in [5, 5.41) is 16.8. The number of aliphatic hydroxyl groups excluding tert-OH is 1. The maximum atomic E-state index is 14.3. The first kappa shape index (κ1) is 18.2. The summed E-state index contributed by atoms with van der Waals surface area (Å²) in [6, 6.07) is 11.0. The molecule has 1 saturated heterocycles. The molecule has 1 aliphatic rings. The summed E-state index contributed by atoms with van der Waals surface area (Å²) in [6.45, 7) is 0.156. The average molecular weight is 381 g/mol. The molecule has 1 aromatic heterocycles. The molecule has 0 aliphatic carbocycles. The highest BCUT2D eigenvalue weighted by atomic mass is 19.1. The van der Waals surface area contributed by atoms with Gasteiger partial charge in [-0.25, -0.2) is 4.39 Å². The van der Waals surface area contributed by atoms with Crippen LogP contribution in [0.25, 0.3) is 11.1 Å². The number of hydrogen-bond acceptors (Lipinski definition) is 4. The number of ether oxygens (including phenoxy) is 1. The van der Waals surface area contributed by atoms with E-state index < -0.39 is 12.1 Å². The Morgan fingerprint density at radius 3 is 2.86 bits per heavy atom. The van der Waals surface area contributed by atoms with Gasteiger partial charge in [-0.3, -0.25) is 9.89 Å². The van der Waals surface area contributed by atoms with E-state index in [4.69, 9.17) is 4.74 Å². The molecule has 1 amide bonds. The first-order valence-electron chi connectivity index (χ1n) is 8.99. The number of amides is 1. The third kappa shape index (κ3) is 3.25. The summed E-state index contributed by atoms with van der Waals surface area (Å²) < 4.78 is 19.7. The van der Waals surface area contributed by atoms with Gasteiger partial charge in [0.15, 0.2) is 0 Å². The predicted octanol–water partition coefficient (Wildman–Crippen LogP) is 3.17. The van der Waals surface area contributed by atoms with E-state index in [1.165, 1.54) is 18.1 Å². The number of H-pyrrole nitrogens is 1. The van der Waals surface area contributed by atoms with Gasteiger partial charge in [0.25, 0.3) is 5.91 Å². The zero-order chi connectivity index (χ0) is 19.7. The second-order valence-corrected chi connectivity index (χ2v) is 6.79. The molecule has 2 aromatic carbocycles. The van der Waals surface area contributed by atoms with Crippen LogP contribution in [-0.4, -0.2) is 45.9 Å². The van der Waals surface area contributed by atoms with Gasteiger partial charge in [-0.05, 0) is 30.7 Å². The van der Waals surface area contributed by atoms with Gasteiger partial charge in [0, 0.05) is 35.0 Å². The number of carbonyl (C=O) groups excluding carboxylic acids is 1. The lowest BCUT2D eigenvalue weighted by molar-refractivity contribution is 0.0713. The van der Waals surface area contributed by atoms with Crippen molar-refractivity contribution >= 4 is 5.91 Å². The second kappa shape index (κ2) is 7.44. The summed E-state index contributed by atoms with van der Waals surface area (Å²) in [5.74, 6) is -0.122. The Labute approximate surface area is 161 Å². The number of aromatic nitrogens is 2. The van der Waals surface area contributed by atoms with E-state index in [2.05, 4.69) is 10.2 Å². The number of β-amino-alcohol motifs (C(OH)–C–C–N with tert-alkyl or cyclic N) is 1. The highest BCUT2D eigenvalue weighted by Gasteiger charge is 2.37. The number of halogens is 1. The maximum absolute atomic E-state index is 14.3. The number of carbonyl (C=O) groups is 1. The Bertz CT molecular complexity index is 990. The van der Waals surface area contributed by atoms with Crippen LogP contribution in [0.4, 0.5) is 4.39 Å². The fourth-order valence-corrected chi connectivity index (χ4v) is 3.71. The molecule has 0 unspecified atom stereocenters. The number of hydrogen-bond donors (Lipinski definition) is 2. The number of nitrogens with one attached hydrogen (secondary N) is 1. The molecule has 144 valence electrons. The van der Waals surface area contributed by atoms with Gasteiger partial charge in [0.05, 0.1) is 25.5 Å². The zero-order valence-corrected chi connectivity index (χ0v) is 15.3. The Morgan fingerprint density at radius 2 is 2.14 bits per heavy atom. The summed E-state index contributed by atoms with van der Waals surface area (Å²) in [6.07, 6.45) is 3.02.